The zero-order chi connectivity index (χ0) is 14.8. The molecule has 2 aliphatic rings. The van der Waals surface area contributed by atoms with Gasteiger partial charge in [-0.15, -0.1) is 0 Å². The predicted octanol–water partition coefficient (Wildman–Crippen LogP) is 4.15. The molecule has 1 fully saturated rings. The largest absolute Gasteiger partial charge is 0.351 e. The molecule has 21 heavy (non-hydrogen) atoms. The van der Waals surface area contributed by atoms with Gasteiger partial charge in [-0.1, -0.05) is 41.1 Å². The molecule has 3 nitrogen and oxygen atoms in total. The number of amides is 1. The molecule has 2 heterocycles. The number of hydrogen-bond acceptors (Lipinski definition) is 3. The van der Waals surface area contributed by atoms with E-state index in [0.717, 1.165) is 28.3 Å². The molecule has 0 unspecified atom stereocenters. The SMILES string of the molecule is C[C@@H]1CCCN(C2=NC(=O)/C(=C/c3ccccc3Br)S2)C1. The number of hydrogen-bond donors (Lipinski definition) is 0. The summed E-state index contributed by atoms with van der Waals surface area (Å²) in [6.45, 7) is 4.26. The standard InChI is InChI=1S/C16H17BrN2OS/c1-11-5-4-8-19(10-11)16-18-15(20)14(21-16)9-12-6-2-3-7-13(12)17/h2-3,6-7,9,11H,4-5,8,10H2,1H3/b14-9-/t11-/m1/s1. The molecule has 1 aromatic rings. The first-order valence-electron chi connectivity index (χ1n) is 7.15. The van der Waals surface area contributed by atoms with Gasteiger partial charge in [0, 0.05) is 17.6 Å². The van der Waals surface area contributed by atoms with Crippen LogP contribution in [0.1, 0.15) is 25.3 Å². The van der Waals surface area contributed by atoms with E-state index in [0.29, 0.717) is 10.8 Å². The Morgan fingerprint density at radius 3 is 3.00 bits per heavy atom. The number of carbonyl (C=O) groups excluding carboxylic acids is 1. The molecule has 0 N–H and O–H groups in total. The fourth-order valence-electron chi connectivity index (χ4n) is 2.63. The number of rotatable bonds is 1. The molecule has 1 aromatic carbocycles. The van der Waals surface area contributed by atoms with E-state index in [2.05, 4.69) is 32.7 Å². The highest BCUT2D eigenvalue weighted by atomic mass is 79.9. The first-order chi connectivity index (χ1) is 10.1. The Morgan fingerprint density at radius 2 is 2.24 bits per heavy atom. The van der Waals surface area contributed by atoms with Gasteiger partial charge >= 0.3 is 0 Å². The van der Waals surface area contributed by atoms with Crippen LogP contribution in [0.4, 0.5) is 0 Å². The molecule has 1 saturated heterocycles. The Labute approximate surface area is 137 Å². The summed E-state index contributed by atoms with van der Waals surface area (Å²) >= 11 is 5.01. The molecule has 0 bridgehead atoms. The van der Waals surface area contributed by atoms with Crippen LogP contribution in [0.5, 0.6) is 0 Å². The molecule has 3 rings (SSSR count). The van der Waals surface area contributed by atoms with Crippen molar-refractivity contribution in [2.24, 2.45) is 10.9 Å². The number of benzene rings is 1. The van der Waals surface area contributed by atoms with E-state index in [9.17, 15) is 4.79 Å². The highest BCUT2D eigenvalue weighted by Crippen LogP contribution is 2.33. The lowest BCUT2D eigenvalue weighted by Gasteiger charge is -2.31. The van der Waals surface area contributed by atoms with Crippen molar-refractivity contribution in [2.75, 3.05) is 13.1 Å². The lowest BCUT2D eigenvalue weighted by atomic mass is 10.0. The normalized spacial score (nSPS) is 24.6. The fraction of sp³-hybridized carbons (Fsp3) is 0.375. The van der Waals surface area contributed by atoms with Gasteiger partial charge in [0.25, 0.3) is 5.91 Å². The summed E-state index contributed by atoms with van der Waals surface area (Å²) in [5, 5.41) is 0.866. The van der Waals surface area contributed by atoms with Crippen molar-refractivity contribution in [1.82, 2.24) is 4.90 Å². The molecule has 5 heteroatoms. The summed E-state index contributed by atoms with van der Waals surface area (Å²) in [6, 6.07) is 7.90. The molecule has 1 atom stereocenters. The third-order valence-electron chi connectivity index (χ3n) is 3.73. The number of piperidine rings is 1. The van der Waals surface area contributed by atoms with Crippen LogP contribution in [-0.4, -0.2) is 29.1 Å². The van der Waals surface area contributed by atoms with Gasteiger partial charge in [0.1, 0.15) is 0 Å². The minimum atomic E-state index is -0.121. The Kier molecular flexibility index (Phi) is 4.50. The number of halogens is 1. The van der Waals surface area contributed by atoms with E-state index in [1.807, 2.05) is 30.3 Å². The lowest BCUT2D eigenvalue weighted by Crippen LogP contribution is -2.37. The summed E-state index contributed by atoms with van der Waals surface area (Å²) < 4.78 is 0.992. The summed E-state index contributed by atoms with van der Waals surface area (Å²) in [7, 11) is 0. The smallest absolute Gasteiger partial charge is 0.286 e. The van der Waals surface area contributed by atoms with Gasteiger partial charge in [0.05, 0.1) is 4.91 Å². The van der Waals surface area contributed by atoms with Gasteiger partial charge in [-0.2, -0.15) is 4.99 Å². The van der Waals surface area contributed by atoms with Crippen molar-refractivity contribution in [2.45, 2.75) is 19.8 Å². The van der Waals surface area contributed by atoms with Crippen molar-refractivity contribution in [1.29, 1.82) is 0 Å². The van der Waals surface area contributed by atoms with Crippen molar-refractivity contribution >= 4 is 44.8 Å². The van der Waals surface area contributed by atoms with E-state index in [1.165, 1.54) is 24.6 Å². The zero-order valence-electron chi connectivity index (χ0n) is 11.9. The maximum atomic E-state index is 12.1. The van der Waals surface area contributed by atoms with Crippen molar-refractivity contribution in [3.05, 3.63) is 39.2 Å². The number of amidine groups is 1. The Hall–Kier alpha value is -1.07. The summed E-state index contributed by atoms with van der Waals surface area (Å²) in [4.78, 5) is 19.3. The van der Waals surface area contributed by atoms with Crippen molar-refractivity contribution in [3.8, 4) is 0 Å². The minimum absolute atomic E-state index is 0.121. The first-order valence-corrected chi connectivity index (χ1v) is 8.76. The number of likely N-dealkylation sites (tertiary alicyclic amines) is 1. The third kappa shape index (κ3) is 3.40. The monoisotopic (exact) mass is 364 g/mol. The average Bonchev–Trinajstić information content (AvgIpc) is 2.83. The number of nitrogens with zero attached hydrogens (tertiary/aromatic N) is 2. The number of thioether (sulfide) groups is 1. The van der Waals surface area contributed by atoms with E-state index in [1.54, 1.807) is 0 Å². The van der Waals surface area contributed by atoms with Crippen LogP contribution in [0, 0.1) is 5.92 Å². The maximum Gasteiger partial charge on any atom is 0.286 e. The molecule has 0 aromatic heterocycles. The lowest BCUT2D eigenvalue weighted by molar-refractivity contribution is -0.113. The highest BCUT2D eigenvalue weighted by molar-refractivity contribution is 9.10. The van der Waals surface area contributed by atoms with E-state index >= 15 is 0 Å². The highest BCUT2D eigenvalue weighted by Gasteiger charge is 2.28. The van der Waals surface area contributed by atoms with E-state index < -0.39 is 0 Å². The second kappa shape index (κ2) is 6.36. The third-order valence-corrected chi connectivity index (χ3v) is 5.50. The average molecular weight is 365 g/mol. The predicted molar refractivity (Wildman–Crippen MR) is 92.1 cm³/mol. The van der Waals surface area contributed by atoms with Gasteiger partial charge < -0.3 is 4.90 Å². The van der Waals surface area contributed by atoms with Crippen LogP contribution in [0.2, 0.25) is 0 Å². The summed E-state index contributed by atoms with van der Waals surface area (Å²) in [5.74, 6) is 0.553. The Balaban J connectivity index is 1.77. The fourth-order valence-corrected chi connectivity index (χ4v) is 3.97. The summed E-state index contributed by atoms with van der Waals surface area (Å²) in [5.41, 5.74) is 1.01. The first kappa shape index (κ1) is 14.9. The van der Waals surface area contributed by atoms with E-state index in [4.69, 9.17) is 0 Å². The summed E-state index contributed by atoms with van der Waals surface area (Å²) in [6.07, 6.45) is 4.36. The van der Waals surface area contributed by atoms with Gasteiger partial charge in [-0.25, -0.2) is 0 Å². The molecule has 1 amide bonds. The van der Waals surface area contributed by atoms with Crippen molar-refractivity contribution in [3.63, 3.8) is 0 Å². The van der Waals surface area contributed by atoms with Gasteiger partial charge in [0.2, 0.25) is 0 Å². The van der Waals surface area contributed by atoms with Crippen LogP contribution in [-0.2, 0) is 4.79 Å². The molecule has 0 aliphatic carbocycles. The maximum absolute atomic E-state index is 12.1. The molecule has 2 aliphatic heterocycles. The molecular formula is C16H17BrN2OS. The number of carbonyl (C=O) groups is 1. The second-order valence-electron chi connectivity index (χ2n) is 5.53. The van der Waals surface area contributed by atoms with Crippen molar-refractivity contribution < 1.29 is 4.79 Å². The van der Waals surface area contributed by atoms with Crippen LogP contribution in [0.25, 0.3) is 6.08 Å². The van der Waals surface area contributed by atoms with Gasteiger partial charge in [0.15, 0.2) is 5.17 Å². The molecule has 0 saturated carbocycles. The molecule has 0 spiro atoms. The van der Waals surface area contributed by atoms with Crippen LogP contribution < -0.4 is 0 Å². The minimum Gasteiger partial charge on any atom is -0.351 e. The van der Waals surface area contributed by atoms with Gasteiger partial charge in [-0.3, -0.25) is 4.79 Å². The zero-order valence-corrected chi connectivity index (χ0v) is 14.3. The molecule has 110 valence electrons. The van der Waals surface area contributed by atoms with Crippen LogP contribution in [0.15, 0.2) is 38.6 Å². The molecule has 0 radical (unpaired) electrons. The Bertz CT molecular complexity index is 626. The number of aliphatic imine (C=N–C) groups is 1. The van der Waals surface area contributed by atoms with Crippen LogP contribution in [0.3, 0.4) is 0 Å². The van der Waals surface area contributed by atoms with Gasteiger partial charge in [-0.05, 0) is 48.2 Å². The Morgan fingerprint density at radius 1 is 1.43 bits per heavy atom. The van der Waals surface area contributed by atoms with E-state index in [-0.39, 0.29) is 5.91 Å². The van der Waals surface area contributed by atoms with Crippen LogP contribution >= 0.6 is 27.7 Å². The second-order valence-corrected chi connectivity index (χ2v) is 7.39. The molecular weight excluding hydrogens is 348 g/mol. The topological polar surface area (TPSA) is 32.7 Å². The quantitative estimate of drug-likeness (QED) is 0.701.